The van der Waals surface area contributed by atoms with E-state index in [0.717, 1.165) is 12.3 Å². The van der Waals surface area contributed by atoms with Crippen molar-refractivity contribution < 1.29 is 17.5 Å². The van der Waals surface area contributed by atoms with E-state index in [1.807, 2.05) is 0 Å². The topological polar surface area (TPSA) is 43.4 Å². The summed E-state index contributed by atoms with van der Waals surface area (Å²) in [4.78, 5) is -0.160. The molecule has 0 aliphatic carbocycles. The van der Waals surface area contributed by atoms with Gasteiger partial charge >= 0.3 is 0 Å². The van der Waals surface area contributed by atoms with Gasteiger partial charge in [-0.15, -0.1) is 0 Å². The molecular formula is C8H8BrFO3S. The van der Waals surface area contributed by atoms with E-state index in [1.54, 1.807) is 0 Å². The molecule has 0 N–H and O–H groups in total. The van der Waals surface area contributed by atoms with E-state index < -0.39 is 15.7 Å². The highest BCUT2D eigenvalue weighted by Gasteiger charge is 2.18. The monoisotopic (exact) mass is 282 g/mol. The van der Waals surface area contributed by atoms with Crippen molar-refractivity contribution in [3.05, 3.63) is 22.4 Å². The molecule has 0 spiro atoms. The Morgan fingerprint density at radius 2 is 2.00 bits per heavy atom. The summed E-state index contributed by atoms with van der Waals surface area (Å²) >= 11 is 3.01. The Bertz CT molecular complexity index is 456. The molecule has 14 heavy (non-hydrogen) atoms. The molecule has 0 saturated heterocycles. The zero-order valence-electron chi connectivity index (χ0n) is 7.54. The van der Waals surface area contributed by atoms with Gasteiger partial charge in [-0.1, -0.05) is 15.9 Å². The van der Waals surface area contributed by atoms with Crippen molar-refractivity contribution in [2.75, 3.05) is 13.4 Å². The first-order chi connectivity index (χ1) is 6.36. The fourth-order valence-electron chi connectivity index (χ4n) is 1.01. The molecule has 0 radical (unpaired) electrons. The van der Waals surface area contributed by atoms with Crippen LogP contribution in [0, 0.1) is 5.82 Å². The van der Waals surface area contributed by atoms with Crippen molar-refractivity contribution in [2.24, 2.45) is 0 Å². The van der Waals surface area contributed by atoms with Gasteiger partial charge in [0.25, 0.3) is 0 Å². The van der Waals surface area contributed by atoms with Gasteiger partial charge in [0, 0.05) is 10.7 Å². The summed E-state index contributed by atoms with van der Waals surface area (Å²) in [5.41, 5.74) is 0. The van der Waals surface area contributed by atoms with Crippen LogP contribution in [0.5, 0.6) is 5.75 Å². The van der Waals surface area contributed by atoms with Crippen LogP contribution in [0.4, 0.5) is 4.39 Å². The maximum Gasteiger partial charge on any atom is 0.179 e. The first-order valence-corrected chi connectivity index (χ1v) is 6.28. The van der Waals surface area contributed by atoms with Crippen LogP contribution in [-0.4, -0.2) is 21.8 Å². The largest absolute Gasteiger partial charge is 0.492 e. The summed E-state index contributed by atoms with van der Waals surface area (Å²) in [7, 11) is -2.26. The van der Waals surface area contributed by atoms with Crippen LogP contribution in [-0.2, 0) is 9.84 Å². The minimum Gasteiger partial charge on any atom is -0.492 e. The molecule has 1 aromatic carbocycles. The lowest BCUT2D eigenvalue weighted by Gasteiger charge is -2.08. The molecule has 0 fully saturated rings. The number of hydrogen-bond donors (Lipinski definition) is 0. The van der Waals surface area contributed by atoms with Crippen LogP contribution in [0.1, 0.15) is 0 Å². The molecule has 0 amide bonds. The van der Waals surface area contributed by atoms with Crippen molar-refractivity contribution in [3.63, 3.8) is 0 Å². The number of sulfone groups is 1. The van der Waals surface area contributed by atoms with E-state index in [2.05, 4.69) is 20.7 Å². The van der Waals surface area contributed by atoms with Crippen LogP contribution < -0.4 is 4.74 Å². The van der Waals surface area contributed by atoms with E-state index in [1.165, 1.54) is 13.2 Å². The second-order valence-electron chi connectivity index (χ2n) is 2.69. The molecule has 6 heteroatoms. The Morgan fingerprint density at radius 1 is 1.43 bits per heavy atom. The zero-order valence-corrected chi connectivity index (χ0v) is 9.95. The Labute approximate surface area is 89.9 Å². The van der Waals surface area contributed by atoms with E-state index in [0.29, 0.717) is 4.47 Å². The maximum absolute atomic E-state index is 13.2. The third-order valence-electron chi connectivity index (χ3n) is 1.58. The molecule has 0 aliphatic rings. The molecule has 0 atom stereocenters. The summed E-state index contributed by atoms with van der Waals surface area (Å²) in [6.07, 6.45) is 0.997. The highest BCUT2D eigenvalue weighted by molar-refractivity contribution is 9.10. The number of hydrogen-bond acceptors (Lipinski definition) is 3. The summed E-state index contributed by atoms with van der Waals surface area (Å²) < 4.78 is 40.8. The van der Waals surface area contributed by atoms with Crippen LogP contribution in [0.25, 0.3) is 0 Å². The Kier molecular flexibility index (Phi) is 3.16. The number of rotatable bonds is 2. The third-order valence-corrected chi connectivity index (χ3v) is 3.14. The van der Waals surface area contributed by atoms with Crippen LogP contribution in [0.2, 0.25) is 0 Å². The van der Waals surface area contributed by atoms with Crippen LogP contribution in [0.15, 0.2) is 21.5 Å². The van der Waals surface area contributed by atoms with Gasteiger partial charge in [0.2, 0.25) is 0 Å². The van der Waals surface area contributed by atoms with Gasteiger partial charge < -0.3 is 4.74 Å². The minimum atomic E-state index is -3.49. The third kappa shape index (κ3) is 2.24. The molecule has 3 nitrogen and oxygen atoms in total. The standard InChI is InChI=1S/C8H8BrFO3S/c1-13-8-6(10)3-5(9)4-7(8)14(2,11)12/h3-4H,1-2H3. The Balaban J connectivity index is 3.56. The molecule has 0 saturated carbocycles. The predicted octanol–water partition coefficient (Wildman–Crippen LogP) is 2.00. The maximum atomic E-state index is 13.2. The smallest absolute Gasteiger partial charge is 0.179 e. The number of halogens is 2. The van der Waals surface area contributed by atoms with Gasteiger partial charge in [0.1, 0.15) is 4.90 Å². The van der Waals surface area contributed by atoms with Gasteiger partial charge in [0.15, 0.2) is 21.4 Å². The average molecular weight is 283 g/mol. The van der Waals surface area contributed by atoms with Crippen molar-refractivity contribution in [1.29, 1.82) is 0 Å². The van der Waals surface area contributed by atoms with E-state index in [-0.39, 0.29) is 10.6 Å². The lowest BCUT2D eigenvalue weighted by Crippen LogP contribution is -2.02. The van der Waals surface area contributed by atoms with E-state index in [9.17, 15) is 12.8 Å². The van der Waals surface area contributed by atoms with Gasteiger partial charge in [-0.2, -0.15) is 0 Å². The summed E-state index contributed by atoms with van der Waals surface area (Å²) in [5.74, 6) is -0.960. The van der Waals surface area contributed by atoms with Crippen molar-refractivity contribution in [3.8, 4) is 5.75 Å². The summed E-state index contributed by atoms with van der Waals surface area (Å²) in [6, 6.07) is 2.45. The quantitative estimate of drug-likeness (QED) is 0.833. The molecule has 0 heterocycles. The van der Waals surface area contributed by atoms with E-state index in [4.69, 9.17) is 0 Å². The van der Waals surface area contributed by atoms with Crippen molar-refractivity contribution in [1.82, 2.24) is 0 Å². The second kappa shape index (κ2) is 3.86. The fourth-order valence-corrected chi connectivity index (χ4v) is 2.45. The van der Waals surface area contributed by atoms with Crippen molar-refractivity contribution in [2.45, 2.75) is 4.90 Å². The van der Waals surface area contributed by atoms with Gasteiger partial charge in [-0.05, 0) is 12.1 Å². The normalized spacial score (nSPS) is 11.4. The SMILES string of the molecule is COc1c(F)cc(Br)cc1S(C)(=O)=O. The van der Waals surface area contributed by atoms with Crippen LogP contribution in [0.3, 0.4) is 0 Å². The molecule has 78 valence electrons. The number of methoxy groups -OCH3 is 1. The molecule has 0 bridgehead atoms. The molecule has 0 unspecified atom stereocenters. The molecule has 1 aromatic rings. The average Bonchev–Trinajstić information content (AvgIpc) is 2.01. The van der Waals surface area contributed by atoms with Gasteiger partial charge in [0.05, 0.1) is 7.11 Å². The first-order valence-electron chi connectivity index (χ1n) is 3.59. The number of benzene rings is 1. The lowest BCUT2D eigenvalue weighted by molar-refractivity contribution is 0.374. The highest BCUT2D eigenvalue weighted by atomic mass is 79.9. The minimum absolute atomic E-state index is 0.160. The molecular weight excluding hydrogens is 275 g/mol. The second-order valence-corrected chi connectivity index (χ2v) is 5.59. The molecule has 1 rings (SSSR count). The first kappa shape index (κ1) is 11.5. The van der Waals surface area contributed by atoms with Gasteiger partial charge in [-0.3, -0.25) is 0 Å². The van der Waals surface area contributed by atoms with E-state index >= 15 is 0 Å². The lowest BCUT2D eigenvalue weighted by atomic mass is 10.3. The Hall–Kier alpha value is -0.620. The molecule has 0 aliphatic heterocycles. The highest BCUT2D eigenvalue weighted by Crippen LogP contribution is 2.30. The zero-order chi connectivity index (χ0) is 10.9. The van der Waals surface area contributed by atoms with Crippen LogP contribution >= 0.6 is 15.9 Å². The van der Waals surface area contributed by atoms with Crippen molar-refractivity contribution >= 4 is 25.8 Å². The summed E-state index contributed by atoms with van der Waals surface area (Å²) in [6.45, 7) is 0. The van der Waals surface area contributed by atoms with Gasteiger partial charge in [-0.25, -0.2) is 12.8 Å². The number of ether oxygens (including phenoxy) is 1. The Morgan fingerprint density at radius 3 is 2.43 bits per heavy atom. The fraction of sp³-hybridized carbons (Fsp3) is 0.250. The predicted molar refractivity (Wildman–Crippen MR) is 53.8 cm³/mol. The summed E-state index contributed by atoms with van der Waals surface area (Å²) in [5, 5.41) is 0. The molecule has 0 aromatic heterocycles.